The Morgan fingerprint density at radius 3 is 2.24 bits per heavy atom. The topological polar surface area (TPSA) is 70.2 Å². The van der Waals surface area contributed by atoms with Crippen LogP contribution in [0.4, 0.5) is 5.69 Å². The highest BCUT2D eigenvalue weighted by molar-refractivity contribution is 7.89. The lowest BCUT2D eigenvalue weighted by Gasteiger charge is -2.36. The van der Waals surface area contributed by atoms with Gasteiger partial charge in [-0.25, -0.2) is 8.42 Å². The smallest absolute Gasteiger partial charge is 0.254 e. The van der Waals surface area contributed by atoms with Gasteiger partial charge in [-0.15, -0.1) is 0 Å². The monoisotopic (exact) mass is 491 g/mol. The molecule has 2 aliphatic heterocycles. The van der Waals surface area contributed by atoms with Crippen molar-refractivity contribution in [3.63, 3.8) is 0 Å². The second kappa shape index (κ2) is 10.3. The first-order valence-electron chi connectivity index (χ1n) is 11.4. The van der Waals surface area contributed by atoms with E-state index in [0.717, 1.165) is 37.1 Å². The van der Waals surface area contributed by atoms with Crippen LogP contribution in [0, 0.1) is 0 Å². The minimum atomic E-state index is -3.75. The van der Waals surface area contributed by atoms with Crippen LogP contribution in [-0.2, 0) is 10.0 Å². The molecule has 178 valence electrons. The van der Waals surface area contributed by atoms with Gasteiger partial charge in [-0.05, 0) is 43.2 Å². The van der Waals surface area contributed by atoms with E-state index in [1.807, 2.05) is 24.3 Å². The van der Waals surface area contributed by atoms with Gasteiger partial charge in [0.2, 0.25) is 10.0 Å². The van der Waals surface area contributed by atoms with Gasteiger partial charge in [0.25, 0.3) is 5.91 Å². The molecule has 0 N–H and O–H groups in total. The largest absolute Gasteiger partial charge is 0.495 e. The molecular formula is C24H30ClN3O4S. The number of hydrogen-bond acceptors (Lipinski definition) is 5. The zero-order valence-corrected chi connectivity index (χ0v) is 20.4. The van der Waals surface area contributed by atoms with E-state index in [1.54, 1.807) is 18.1 Å². The third-order valence-corrected chi connectivity index (χ3v) is 8.73. The van der Waals surface area contributed by atoms with Crippen LogP contribution >= 0.6 is 11.6 Å². The first-order chi connectivity index (χ1) is 15.9. The standard InChI is InChI=1S/C24H30ClN3O4S/c1-32-22-9-5-4-8-21(22)26-14-16-27(17-15-26)24(29)19-10-11-20(25)23(18-19)33(30,31)28-12-6-2-3-7-13-28/h4-5,8-11,18H,2-3,6-7,12-17H2,1H3. The number of piperazine rings is 1. The van der Waals surface area contributed by atoms with Gasteiger partial charge in [-0.1, -0.05) is 36.6 Å². The summed E-state index contributed by atoms with van der Waals surface area (Å²) in [5.41, 5.74) is 1.35. The Hall–Kier alpha value is -2.29. The summed E-state index contributed by atoms with van der Waals surface area (Å²) in [7, 11) is -2.10. The van der Waals surface area contributed by atoms with Crippen molar-refractivity contribution in [2.75, 3.05) is 51.3 Å². The zero-order chi connectivity index (χ0) is 23.4. The first kappa shape index (κ1) is 23.9. The fourth-order valence-electron chi connectivity index (χ4n) is 4.48. The van der Waals surface area contributed by atoms with Crippen LogP contribution < -0.4 is 9.64 Å². The molecule has 0 bridgehead atoms. The van der Waals surface area contributed by atoms with Gasteiger partial charge in [-0.3, -0.25) is 4.79 Å². The van der Waals surface area contributed by atoms with Crippen LogP contribution in [0.15, 0.2) is 47.4 Å². The molecule has 2 aromatic carbocycles. The second-order valence-corrected chi connectivity index (χ2v) is 10.7. The van der Waals surface area contributed by atoms with Crippen LogP contribution in [-0.4, -0.2) is 69.9 Å². The molecule has 0 saturated carbocycles. The molecule has 4 rings (SSSR count). The Morgan fingerprint density at radius 2 is 1.58 bits per heavy atom. The van der Waals surface area contributed by atoms with Crippen molar-refractivity contribution in [3.05, 3.63) is 53.1 Å². The van der Waals surface area contributed by atoms with E-state index in [1.165, 1.54) is 16.4 Å². The van der Waals surface area contributed by atoms with E-state index in [4.69, 9.17) is 16.3 Å². The van der Waals surface area contributed by atoms with Crippen LogP contribution in [0.2, 0.25) is 5.02 Å². The van der Waals surface area contributed by atoms with Gasteiger partial charge in [-0.2, -0.15) is 4.31 Å². The fourth-order valence-corrected chi connectivity index (χ4v) is 6.50. The number of sulfonamides is 1. The lowest BCUT2D eigenvalue weighted by atomic mass is 10.1. The predicted octanol–water partition coefficient (Wildman–Crippen LogP) is 3.88. The second-order valence-electron chi connectivity index (χ2n) is 8.41. The van der Waals surface area contributed by atoms with E-state index >= 15 is 0 Å². The summed E-state index contributed by atoms with van der Waals surface area (Å²) in [5.74, 6) is 0.622. The van der Waals surface area contributed by atoms with Crippen molar-refractivity contribution >= 4 is 33.2 Å². The van der Waals surface area contributed by atoms with Crippen molar-refractivity contribution in [2.45, 2.75) is 30.6 Å². The highest BCUT2D eigenvalue weighted by atomic mass is 35.5. The number of hydrogen-bond donors (Lipinski definition) is 0. The molecule has 7 nitrogen and oxygen atoms in total. The van der Waals surface area contributed by atoms with Crippen LogP contribution in [0.25, 0.3) is 0 Å². The molecule has 0 spiro atoms. The predicted molar refractivity (Wildman–Crippen MR) is 130 cm³/mol. The number of methoxy groups -OCH3 is 1. The lowest BCUT2D eigenvalue weighted by Crippen LogP contribution is -2.48. The summed E-state index contributed by atoms with van der Waals surface area (Å²) in [6.07, 6.45) is 3.73. The molecule has 2 aromatic rings. The van der Waals surface area contributed by atoms with Crippen molar-refractivity contribution in [1.82, 2.24) is 9.21 Å². The normalized spacial score (nSPS) is 18.1. The van der Waals surface area contributed by atoms with Gasteiger partial charge < -0.3 is 14.5 Å². The molecule has 9 heteroatoms. The third kappa shape index (κ3) is 5.13. The minimum absolute atomic E-state index is 0.0181. The number of amides is 1. The van der Waals surface area contributed by atoms with E-state index in [9.17, 15) is 13.2 Å². The number of benzene rings is 2. The highest BCUT2D eigenvalue weighted by Crippen LogP contribution is 2.30. The van der Waals surface area contributed by atoms with Crippen molar-refractivity contribution in [3.8, 4) is 5.75 Å². The summed E-state index contributed by atoms with van der Waals surface area (Å²) in [4.78, 5) is 17.2. The van der Waals surface area contributed by atoms with Crippen LogP contribution in [0.3, 0.4) is 0 Å². The average molecular weight is 492 g/mol. The Morgan fingerprint density at radius 1 is 0.909 bits per heavy atom. The average Bonchev–Trinajstić information content (AvgIpc) is 3.14. The van der Waals surface area contributed by atoms with Crippen molar-refractivity contribution < 1.29 is 17.9 Å². The Labute approximate surface area is 200 Å². The van der Waals surface area contributed by atoms with Crippen LogP contribution in [0.5, 0.6) is 5.75 Å². The maximum atomic E-state index is 13.3. The summed E-state index contributed by atoms with van der Waals surface area (Å²) < 4.78 is 33.5. The molecule has 0 aliphatic carbocycles. The number of rotatable bonds is 5. The Kier molecular flexibility index (Phi) is 7.46. The highest BCUT2D eigenvalue weighted by Gasteiger charge is 2.30. The van der Waals surface area contributed by atoms with E-state index in [0.29, 0.717) is 44.8 Å². The molecule has 2 heterocycles. The summed E-state index contributed by atoms with van der Waals surface area (Å²) in [5, 5.41) is 0.150. The number of para-hydroxylation sites is 2. The summed E-state index contributed by atoms with van der Waals surface area (Å²) >= 11 is 6.30. The van der Waals surface area contributed by atoms with Gasteiger partial charge >= 0.3 is 0 Å². The molecule has 2 aliphatic rings. The Bertz CT molecular complexity index is 1090. The van der Waals surface area contributed by atoms with E-state index in [2.05, 4.69) is 4.90 Å². The van der Waals surface area contributed by atoms with Gasteiger partial charge in [0.1, 0.15) is 10.6 Å². The zero-order valence-electron chi connectivity index (χ0n) is 18.9. The lowest BCUT2D eigenvalue weighted by molar-refractivity contribution is 0.0746. The van der Waals surface area contributed by atoms with Crippen molar-refractivity contribution in [1.29, 1.82) is 0 Å². The third-order valence-electron chi connectivity index (χ3n) is 6.35. The number of nitrogens with zero attached hydrogens (tertiary/aromatic N) is 3. The number of anilines is 1. The first-order valence-corrected chi connectivity index (χ1v) is 13.2. The number of carbonyl (C=O) groups is 1. The Balaban J connectivity index is 1.49. The number of carbonyl (C=O) groups excluding carboxylic acids is 1. The SMILES string of the molecule is COc1ccccc1N1CCN(C(=O)c2ccc(Cl)c(S(=O)(=O)N3CCCCCC3)c2)CC1. The molecule has 0 aromatic heterocycles. The molecule has 0 radical (unpaired) electrons. The molecule has 2 fully saturated rings. The molecule has 0 unspecified atom stereocenters. The quantitative estimate of drug-likeness (QED) is 0.635. The number of halogens is 1. The van der Waals surface area contributed by atoms with Crippen molar-refractivity contribution in [2.24, 2.45) is 0 Å². The maximum Gasteiger partial charge on any atom is 0.254 e. The van der Waals surface area contributed by atoms with Gasteiger partial charge in [0.05, 0.1) is 17.8 Å². The van der Waals surface area contributed by atoms with E-state index < -0.39 is 10.0 Å². The minimum Gasteiger partial charge on any atom is -0.495 e. The molecule has 2 saturated heterocycles. The molecule has 1 amide bonds. The summed E-state index contributed by atoms with van der Waals surface area (Å²) in [6, 6.07) is 12.4. The fraction of sp³-hybridized carbons (Fsp3) is 0.458. The van der Waals surface area contributed by atoms with Gasteiger partial charge in [0, 0.05) is 44.8 Å². The van der Waals surface area contributed by atoms with Crippen LogP contribution in [0.1, 0.15) is 36.0 Å². The van der Waals surface area contributed by atoms with Gasteiger partial charge in [0.15, 0.2) is 0 Å². The molecular weight excluding hydrogens is 462 g/mol. The molecule has 0 atom stereocenters. The maximum absolute atomic E-state index is 13.3. The molecule has 33 heavy (non-hydrogen) atoms. The van der Waals surface area contributed by atoms with E-state index in [-0.39, 0.29) is 15.8 Å². The number of ether oxygens (including phenoxy) is 1. The summed E-state index contributed by atoms with van der Waals surface area (Å²) in [6.45, 7) is 3.38.